The van der Waals surface area contributed by atoms with Crippen molar-refractivity contribution in [3.8, 4) is 0 Å². The van der Waals surface area contributed by atoms with E-state index < -0.39 is 0 Å². The predicted octanol–water partition coefficient (Wildman–Crippen LogP) is 1.98. The third-order valence-electron chi connectivity index (χ3n) is 4.47. The Hall–Kier alpha value is -1.62. The first-order chi connectivity index (χ1) is 11.1. The topological polar surface area (TPSA) is 66.0 Å². The normalized spacial score (nSPS) is 17.5. The van der Waals surface area contributed by atoms with Gasteiger partial charge in [0.1, 0.15) is 5.82 Å². The van der Waals surface area contributed by atoms with Gasteiger partial charge < -0.3 is 16.0 Å². The number of fused-ring (bicyclic) bond motifs is 1. The van der Waals surface area contributed by atoms with Crippen LogP contribution < -0.4 is 16.0 Å². The molecule has 0 spiro atoms. The van der Waals surface area contributed by atoms with Crippen LogP contribution in [-0.4, -0.2) is 37.1 Å². The van der Waals surface area contributed by atoms with Crippen molar-refractivity contribution >= 4 is 11.7 Å². The van der Waals surface area contributed by atoms with Crippen LogP contribution >= 0.6 is 0 Å². The van der Waals surface area contributed by atoms with Gasteiger partial charge in [-0.15, -0.1) is 0 Å². The second-order valence-electron chi connectivity index (χ2n) is 7.17. The van der Waals surface area contributed by atoms with E-state index in [0.29, 0.717) is 17.4 Å². The lowest BCUT2D eigenvalue weighted by Crippen LogP contribution is -2.27. The minimum atomic E-state index is 0.00987. The second kappa shape index (κ2) is 7.30. The SMILES string of the molecule is CC(C)CNc1nc2c(cc1C(=O)NCC1CC1)CCNCC2. The van der Waals surface area contributed by atoms with Crippen LogP contribution in [0, 0.1) is 11.8 Å². The molecule has 0 unspecified atom stereocenters. The number of hydrogen-bond acceptors (Lipinski definition) is 4. The summed E-state index contributed by atoms with van der Waals surface area (Å²) in [7, 11) is 0. The third-order valence-corrected chi connectivity index (χ3v) is 4.47. The molecule has 23 heavy (non-hydrogen) atoms. The zero-order chi connectivity index (χ0) is 16.2. The van der Waals surface area contributed by atoms with Crippen LogP contribution in [0.2, 0.25) is 0 Å². The number of pyridine rings is 1. The number of carbonyl (C=O) groups is 1. The van der Waals surface area contributed by atoms with Crippen molar-refractivity contribution in [2.45, 2.75) is 39.5 Å². The van der Waals surface area contributed by atoms with E-state index in [-0.39, 0.29) is 5.91 Å². The minimum absolute atomic E-state index is 0.00987. The molecule has 5 nitrogen and oxygen atoms in total. The minimum Gasteiger partial charge on any atom is -0.369 e. The fraction of sp³-hybridized carbons (Fsp3) is 0.667. The largest absolute Gasteiger partial charge is 0.369 e. The molecule has 3 rings (SSSR count). The molecule has 1 aliphatic carbocycles. The summed E-state index contributed by atoms with van der Waals surface area (Å²) < 4.78 is 0. The van der Waals surface area contributed by atoms with E-state index in [9.17, 15) is 4.79 Å². The predicted molar refractivity (Wildman–Crippen MR) is 92.9 cm³/mol. The molecule has 3 N–H and O–H groups in total. The number of nitrogens with one attached hydrogen (secondary N) is 3. The van der Waals surface area contributed by atoms with Gasteiger partial charge in [0.05, 0.1) is 5.56 Å². The van der Waals surface area contributed by atoms with Crippen molar-refractivity contribution in [3.63, 3.8) is 0 Å². The van der Waals surface area contributed by atoms with Crippen LogP contribution in [0.3, 0.4) is 0 Å². The Kier molecular flexibility index (Phi) is 5.16. The summed E-state index contributed by atoms with van der Waals surface area (Å²) >= 11 is 0. The molecule has 0 bridgehead atoms. The van der Waals surface area contributed by atoms with Crippen molar-refractivity contribution in [2.75, 3.05) is 31.5 Å². The number of nitrogens with zero attached hydrogens (tertiary/aromatic N) is 1. The van der Waals surface area contributed by atoms with Crippen molar-refractivity contribution in [3.05, 3.63) is 22.9 Å². The third kappa shape index (κ3) is 4.44. The Morgan fingerprint density at radius 3 is 2.87 bits per heavy atom. The lowest BCUT2D eigenvalue weighted by atomic mass is 10.0. The van der Waals surface area contributed by atoms with E-state index in [1.54, 1.807) is 0 Å². The van der Waals surface area contributed by atoms with Gasteiger partial charge in [-0.25, -0.2) is 4.98 Å². The van der Waals surface area contributed by atoms with Crippen molar-refractivity contribution in [1.29, 1.82) is 0 Å². The zero-order valence-corrected chi connectivity index (χ0v) is 14.2. The highest BCUT2D eigenvalue weighted by atomic mass is 16.1. The summed E-state index contributed by atoms with van der Waals surface area (Å²) in [5.41, 5.74) is 3.04. The maximum Gasteiger partial charge on any atom is 0.255 e. The molecule has 126 valence electrons. The Bertz CT molecular complexity index is 566. The van der Waals surface area contributed by atoms with E-state index in [4.69, 9.17) is 4.98 Å². The molecule has 5 heteroatoms. The van der Waals surface area contributed by atoms with Crippen LogP contribution in [0.4, 0.5) is 5.82 Å². The van der Waals surface area contributed by atoms with Gasteiger partial charge >= 0.3 is 0 Å². The lowest BCUT2D eigenvalue weighted by molar-refractivity contribution is 0.0952. The number of rotatable bonds is 6. The van der Waals surface area contributed by atoms with Crippen molar-refractivity contribution < 1.29 is 4.79 Å². The van der Waals surface area contributed by atoms with Gasteiger partial charge in [0, 0.05) is 31.7 Å². The average molecular weight is 316 g/mol. The number of hydrogen-bond donors (Lipinski definition) is 3. The van der Waals surface area contributed by atoms with Gasteiger partial charge in [-0.2, -0.15) is 0 Å². The Morgan fingerprint density at radius 1 is 1.35 bits per heavy atom. The quantitative estimate of drug-likeness (QED) is 0.751. The number of amides is 1. The fourth-order valence-corrected chi connectivity index (χ4v) is 2.84. The monoisotopic (exact) mass is 316 g/mol. The maximum absolute atomic E-state index is 12.6. The van der Waals surface area contributed by atoms with Crippen molar-refractivity contribution in [2.24, 2.45) is 11.8 Å². The van der Waals surface area contributed by atoms with E-state index in [0.717, 1.165) is 50.5 Å². The molecule has 1 amide bonds. The highest BCUT2D eigenvalue weighted by Gasteiger charge is 2.24. The number of aromatic nitrogens is 1. The average Bonchev–Trinajstić information content (AvgIpc) is 3.36. The Balaban J connectivity index is 1.83. The summed E-state index contributed by atoms with van der Waals surface area (Å²) in [6, 6.07) is 2.06. The summed E-state index contributed by atoms with van der Waals surface area (Å²) in [5, 5.41) is 9.85. The smallest absolute Gasteiger partial charge is 0.255 e. The van der Waals surface area contributed by atoms with Crippen LogP contribution in [0.1, 0.15) is 48.3 Å². The van der Waals surface area contributed by atoms with E-state index in [2.05, 4.69) is 35.9 Å². The van der Waals surface area contributed by atoms with Crippen LogP contribution in [0.25, 0.3) is 0 Å². The number of anilines is 1. The van der Waals surface area contributed by atoms with Gasteiger partial charge in [-0.3, -0.25) is 4.79 Å². The molecular weight excluding hydrogens is 288 g/mol. The van der Waals surface area contributed by atoms with E-state index >= 15 is 0 Å². The molecule has 1 fully saturated rings. The molecule has 1 aromatic heterocycles. The highest BCUT2D eigenvalue weighted by molar-refractivity contribution is 5.99. The second-order valence-corrected chi connectivity index (χ2v) is 7.17. The molecule has 1 aliphatic heterocycles. The first kappa shape index (κ1) is 16.2. The molecule has 2 heterocycles. The fourth-order valence-electron chi connectivity index (χ4n) is 2.84. The molecular formula is C18H28N4O. The Labute approximate surface area is 138 Å². The molecule has 1 aromatic rings. The first-order valence-electron chi connectivity index (χ1n) is 8.89. The van der Waals surface area contributed by atoms with Crippen LogP contribution in [0.15, 0.2) is 6.07 Å². The molecule has 2 aliphatic rings. The maximum atomic E-state index is 12.6. The lowest BCUT2D eigenvalue weighted by Gasteiger charge is -2.16. The summed E-state index contributed by atoms with van der Waals surface area (Å²) in [6.07, 6.45) is 4.35. The van der Waals surface area contributed by atoms with E-state index in [1.165, 1.54) is 18.4 Å². The van der Waals surface area contributed by atoms with Crippen LogP contribution in [0.5, 0.6) is 0 Å². The zero-order valence-electron chi connectivity index (χ0n) is 14.2. The van der Waals surface area contributed by atoms with Gasteiger partial charge in [0.2, 0.25) is 0 Å². The Morgan fingerprint density at radius 2 is 2.13 bits per heavy atom. The molecule has 0 saturated heterocycles. The first-order valence-corrected chi connectivity index (χ1v) is 8.89. The standard InChI is InChI=1S/C18H28N4O/c1-12(2)10-20-17-15(18(23)21-11-13-3-4-13)9-14-5-7-19-8-6-16(14)22-17/h9,12-13,19H,3-8,10-11H2,1-2H3,(H,20,22)(H,21,23). The number of carbonyl (C=O) groups excluding carboxylic acids is 1. The van der Waals surface area contributed by atoms with Gasteiger partial charge in [-0.05, 0) is 49.3 Å². The molecule has 0 radical (unpaired) electrons. The van der Waals surface area contributed by atoms with Gasteiger partial charge in [-0.1, -0.05) is 13.8 Å². The molecule has 0 atom stereocenters. The van der Waals surface area contributed by atoms with Gasteiger partial charge in [0.25, 0.3) is 5.91 Å². The highest BCUT2D eigenvalue weighted by Crippen LogP contribution is 2.28. The van der Waals surface area contributed by atoms with Gasteiger partial charge in [0.15, 0.2) is 0 Å². The van der Waals surface area contributed by atoms with Crippen LogP contribution in [-0.2, 0) is 12.8 Å². The van der Waals surface area contributed by atoms with Crippen molar-refractivity contribution in [1.82, 2.24) is 15.6 Å². The summed E-state index contributed by atoms with van der Waals surface area (Å²) in [5.74, 6) is 1.95. The van der Waals surface area contributed by atoms with E-state index in [1.807, 2.05) is 0 Å². The molecule has 0 aromatic carbocycles. The summed E-state index contributed by atoms with van der Waals surface area (Å²) in [4.78, 5) is 17.4. The summed E-state index contributed by atoms with van der Waals surface area (Å²) in [6.45, 7) is 7.85. The molecule has 1 saturated carbocycles.